The van der Waals surface area contributed by atoms with E-state index in [4.69, 9.17) is 11.6 Å². The van der Waals surface area contributed by atoms with E-state index in [1.165, 1.54) is 11.3 Å². The van der Waals surface area contributed by atoms with Gasteiger partial charge in [-0.3, -0.25) is 9.59 Å². The number of alkyl halides is 3. The minimum absolute atomic E-state index is 0.0140. The minimum Gasteiger partial charge on any atom is -0.380 e. The third-order valence-electron chi connectivity index (χ3n) is 6.45. The van der Waals surface area contributed by atoms with Crippen molar-refractivity contribution < 1.29 is 22.8 Å². The number of halogens is 4. The summed E-state index contributed by atoms with van der Waals surface area (Å²) in [5.41, 5.74) is 4.39. The van der Waals surface area contributed by atoms with Gasteiger partial charge in [-0.15, -0.1) is 11.3 Å². The second-order valence-electron chi connectivity index (χ2n) is 10.7. The van der Waals surface area contributed by atoms with Gasteiger partial charge in [0.2, 0.25) is 0 Å². The Kier molecular flexibility index (Phi) is 8.23. The Morgan fingerprint density at radius 2 is 1.66 bits per heavy atom. The van der Waals surface area contributed by atoms with Gasteiger partial charge in [0, 0.05) is 30.9 Å². The molecule has 0 fully saturated rings. The van der Waals surface area contributed by atoms with Crippen molar-refractivity contribution in [3.8, 4) is 10.4 Å². The number of rotatable bonds is 6. The molecule has 1 N–H and O–H groups in total. The van der Waals surface area contributed by atoms with Crippen LogP contribution in [0.5, 0.6) is 0 Å². The fraction of sp³-hybridized carbons (Fsp3) is 0.379. The number of amides is 1. The quantitative estimate of drug-likeness (QED) is 0.312. The van der Waals surface area contributed by atoms with Gasteiger partial charge in [0.1, 0.15) is 0 Å². The Morgan fingerprint density at radius 3 is 2.32 bits per heavy atom. The van der Waals surface area contributed by atoms with Crippen molar-refractivity contribution in [3.63, 3.8) is 0 Å². The van der Waals surface area contributed by atoms with Crippen LogP contribution in [-0.2, 0) is 24.2 Å². The minimum atomic E-state index is -4.88. The fourth-order valence-electron chi connectivity index (χ4n) is 4.56. The van der Waals surface area contributed by atoms with Gasteiger partial charge in [0.05, 0.1) is 15.6 Å². The maximum atomic E-state index is 12.9. The SMILES string of the molecule is CC(C)(C)CC(=O)c1ccc(-c2ccc(CNc3c(Cl)ccc4c3CCN(C(=O)C(F)(F)F)CC4)cc2)s1. The molecule has 38 heavy (non-hydrogen) atoms. The van der Waals surface area contributed by atoms with Crippen molar-refractivity contribution in [1.82, 2.24) is 4.90 Å². The topological polar surface area (TPSA) is 49.4 Å². The molecule has 0 aliphatic carbocycles. The van der Waals surface area contributed by atoms with E-state index in [0.29, 0.717) is 30.1 Å². The van der Waals surface area contributed by atoms with Crippen LogP contribution in [0, 0.1) is 5.41 Å². The number of hydrogen-bond acceptors (Lipinski definition) is 4. The lowest BCUT2D eigenvalue weighted by Gasteiger charge is -2.21. The average molecular weight is 563 g/mol. The summed E-state index contributed by atoms with van der Waals surface area (Å²) in [6.07, 6.45) is -3.76. The summed E-state index contributed by atoms with van der Waals surface area (Å²) in [5, 5.41) is 3.85. The van der Waals surface area contributed by atoms with Gasteiger partial charge < -0.3 is 10.2 Å². The number of carbonyl (C=O) groups is 2. The van der Waals surface area contributed by atoms with Crippen molar-refractivity contribution in [1.29, 1.82) is 0 Å². The number of fused-ring (bicyclic) bond motifs is 1. The maximum Gasteiger partial charge on any atom is 0.471 e. The monoisotopic (exact) mass is 562 g/mol. The van der Waals surface area contributed by atoms with E-state index in [-0.39, 0.29) is 30.7 Å². The molecule has 1 aliphatic rings. The maximum absolute atomic E-state index is 12.9. The highest BCUT2D eigenvalue weighted by molar-refractivity contribution is 7.17. The first kappa shape index (κ1) is 28.2. The van der Waals surface area contributed by atoms with Gasteiger partial charge in [-0.1, -0.05) is 62.7 Å². The van der Waals surface area contributed by atoms with Crippen LogP contribution in [-0.4, -0.2) is 35.9 Å². The highest BCUT2D eigenvalue weighted by atomic mass is 35.5. The molecule has 0 bridgehead atoms. The van der Waals surface area contributed by atoms with Crippen LogP contribution in [0.25, 0.3) is 10.4 Å². The van der Waals surface area contributed by atoms with Crippen LogP contribution in [0.4, 0.5) is 18.9 Å². The molecule has 9 heteroatoms. The Bertz CT molecular complexity index is 1330. The van der Waals surface area contributed by atoms with Crippen molar-refractivity contribution in [3.05, 3.63) is 75.1 Å². The zero-order valence-electron chi connectivity index (χ0n) is 21.5. The second-order valence-corrected chi connectivity index (χ2v) is 12.2. The van der Waals surface area contributed by atoms with E-state index in [1.54, 1.807) is 6.07 Å². The molecule has 2 aromatic carbocycles. The van der Waals surface area contributed by atoms with Gasteiger partial charge >= 0.3 is 12.1 Å². The molecule has 202 valence electrons. The molecule has 4 rings (SSSR count). The first-order valence-electron chi connectivity index (χ1n) is 12.4. The van der Waals surface area contributed by atoms with E-state index in [2.05, 4.69) is 26.1 Å². The fourth-order valence-corrected chi connectivity index (χ4v) is 5.75. The van der Waals surface area contributed by atoms with Crippen LogP contribution in [0.1, 0.15) is 53.6 Å². The molecule has 1 aliphatic heterocycles. The number of benzene rings is 2. The van der Waals surface area contributed by atoms with Crippen molar-refractivity contribution in [2.45, 2.75) is 52.8 Å². The third-order valence-corrected chi connectivity index (χ3v) is 7.94. The Hall–Kier alpha value is -2.84. The number of ketones is 1. The van der Waals surface area contributed by atoms with Gasteiger partial charge in [-0.25, -0.2) is 0 Å². The van der Waals surface area contributed by atoms with Crippen molar-refractivity contribution in [2.75, 3.05) is 18.4 Å². The first-order valence-corrected chi connectivity index (χ1v) is 13.6. The van der Waals surface area contributed by atoms with E-state index in [9.17, 15) is 22.8 Å². The number of Topliss-reactive ketones (excluding diaryl/α,β-unsaturated/α-hetero) is 1. The molecule has 4 nitrogen and oxygen atoms in total. The summed E-state index contributed by atoms with van der Waals surface area (Å²) >= 11 is 7.97. The van der Waals surface area contributed by atoms with Crippen LogP contribution in [0.3, 0.4) is 0 Å². The van der Waals surface area contributed by atoms with Gasteiger partial charge in [-0.05, 0) is 58.7 Å². The summed E-state index contributed by atoms with van der Waals surface area (Å²) in [6, 6.07) is 15.4. The number of anilines is 1. The summed E-state index contributed by atoms with van der Waals surface area (Å²) in [6.45, 7) is 6.62. The molecule has 1 aromatic heterocycles. The number of hydrogen-bond donors (Lipinski definition) is 1. The first-order chi connectivity index (χ1) is 17.8. The second kappa shape index (κ2) is 11.1. The summed E-state index contributed by atoms with van der Waals surface area (Å²) in [7, 11) is 0. The molecule has 0 saturated carbocycles. The van der Waals surface area contributed by atoms with Crippen molar-refractivity contribution in [2.24, 2.45) is 5.41 Å². The van der Waals surface area contributed by atoms with Crippen LogP contribution >= 0.6 is 22.9 Å². The zero-order chi connectivity index (χ0) is 27.7. The lowest BCUT2D eigenvalue weighted by Crippen LogP contribution is -2.42. The summed E-state index contributed by atoms with van der Waals surface area (Å²) in [4.78, 5) is 26.9. The molecular weight excluding hydrogens is 533 g/mol. The smallest absolute Gasteiger partial charge is 0.380 e. The number of nitrogens with one attached hydrogen (secondary N) is 1. The molecule has 3 aromatic rings. The Morgan fingerprint density at radius 1 is 0.974 bits per heavy atom. The number of nitrogens with zero attached hydrogens (tertiary/aromatic N) is 1. The zero-order valence-corrected chi connectivity index (χ0v) is 23.1. The van der Waals surface area contributed by atoms with E-state index < -0.39 is 12.1 Å². The molecule has 0 saturated heterocycles. The van der Waals surface area contributed by atoms with Crippen LogP contribution < -0.4 is 5.32 Å². The molecule has 2 heterocycles. The molecule has 0 spiro atoms. The molecule has 0 radical (unpaired) electrons. The van der Waals surface area contributed by atoms with Gasteiger partial charge in [0.25, 0.3) is 0 Å². The molecule has 1 amide bonds. The number of carbonyl (C=O) groups excluding carboxylic acids is 2. The molecule has 0 atom stereocenters. The summed E-state index contributed by atoms with van der Waals surface area (Å²) < 4.78 is 38.8. The van der Waals surface area contributed by atoms with E-state index in [0.717, 1.165) is 36.9 Å². The molecule has 0 unspecified atom stereocenters. The van der Waals surface area contributed by atoms with Gasteiger partial charge in [-0.2, -0.15) is 13.2 Å². The van der Waals surface area contributed by atoms with E-state index in [1.807, 2.05) is 42.5 Å². The highest BCUT2D eigenvalue weighted by Crippen LogP contribution is 2.34. The van der Waals surface area contributed by atoms with Crippen molar-refractivity contribution >= 4 is 40.3 Å². The largest absolute Gasteiger partial charge is 0.471 e. The summed E-state index contributed by atoms with van der Waals surface area (Å²) in [5.74, 6) is -1.65. The van der Waals surface area contributed by atoms with Crippen LogP contribution in [0.2, 0.25) is 5.02 Å². The Balaban J connectivity index is 1.43. The highest BCUT2D eigenvalue weighted by Gasteiger charge is 2.42. The van der Waals surface area contributed by atoms with Gasteiger partial charge in [0.15, 0.2) is 5.78 Å². The Labute approximate surface area is 229 Å². The average Bonchev–Trinajstić information content (AvgIpc) is 3.24. The standard InChI is InChI=1S/C29H30ClF3N2O2S/c1-28(2,3)16-23(36)25-11-10-24(38-25)20-6-4-18(5-7-20)17-34-26-21-13-15-35(27(37)29(31,32)33)14-12-19(21)8-9-22(26)30/h4-11,34H,12-17H2,1-3H3. The van der Waals surface area contributed by atoms with Crippen LogP contribution in [0.15, 0.2) is 48.5 Å². The lowest BCUT2D eigenvalue weighted by molar-refractivity contribution is -0.185. The normalized spacial score (nSPS) is 14.1. The predicted octanol–water partition coefficient (Wildman–Crippen LogP) is 7.79. The lowest BCUT2D eigenvalue weighted by atomic mass is 9.89. The van der Waals surface area contributed by atoms with E-state index >= 15 is 0 Å². The number of thiophene rings is 1. The predicted molar refractivity (Wildman–Crippen MR) is 147 cm³/mol. The third kappa shape index (κ3) is 6.77. The molecular formula is C29H30ClF3N2O2S.